The average molecular weight is 716 g/mol. The van der Waals surface area contributed by atoms with E-state index in [1.54, 1.807) is 0 Å². The van der Waals surface area contributed by atoms with Crippen LogP contribution in [0.4, 0.5) is 17.1 Å². The zero-order valence-electron chi connectivity index (χ0n) is 31.7. The Bertz CT molecular complexity index is 2840. The maximum absolute atomic E-state index is 2.43. The molecule has 0 N–H and O–H groups in total. The number of rotatable bonds is 7. The molecule has 9 aromatic rings. The van der Waals surface area contributed by atoms with Crippen molar-refractivity contribution in [2.75, 3.05) is 4.90 Å². The minimum atomic E-state index is -0.0817. The topological polar surface area (TPSA) is 3.24 Å². The van der Waals surface area contributed by atoms with Crippen molar-refractivity contribution in [2.45, 2.75) is 19.3 Å². The van der Waals surface area contributed by atoms with Crippen LogP contribution in [-0.4, -0.2) is 0 Å². The molecule has 10 rings (SSSR count). The van der Waals surface area contributed by atoms with Crippen molar-refractivity contribution in [1.29, 1.82) is 0 Å². The van der Waals surface area contributed by atoms with Crippen LogP contribution < -0.4 is 4.90 Å². The van der Waals surface area contributed by atoms with E-state index in [9.17, 15) is 0 Å². The second kappa shape index (κ2) is 13.7. The van der Waals surface area contributed by atoms with E-state index in [0.29, 0.717) is 0 Å². The fraction of sp³-hybridized carbons (Fsp3) is 0.0545. The molecular formula is C55H41N. The lowest BCUT2D eigenvalue weighted by Gasteiger charge is -2.29. The second-order valence-corrected chi connectivity index (χ2v) is 15.3. The Morgan fingerprint density at radius 2 is 0.768 bits per heavy atom. The van der Waals surface area contributed by atoms with Crippen LogP contribution in [0, 0.1) is 0 Å². The second-order valence-electron chi connectivity index (χ2n) is 15.3. The molecule has 0 saturated heterocycles. The van der Waals surface area contributed by atoms with E-state index in [1.807, 2.05) is 0 Å². The molecular weight excluding hydrogens is 675 g/mol. The van der Waals surface area contributed by atoms with E-state index in [0.717, 1.165) is 17.1 Å². The summed E-state index contributed by atoms with van der Waals surface area (Å²) in [5.74, 6) is 0. The quantitative estimate of drug-likeness (QED) is 0.159. The maximum Gasteiger partial charge on any atom is 0.0540 e. The van der Waals surface area contributed by atoms with E-state index in [-0.39, 0.29) is 5.41 Å². The van der Waals surface area contributed by atoms with E-state index < -0.39 is 0 Å². The van der Waals surface area contributed by atoms with Gasteiger partial charge in [0.05, 0.1) is 5.69 Å². The maximum atomic E-state index is 2.43. The normalized spacial score (nSPS) is 12.6. The summed E-state index contributed by atoms with van der Waals surface area (Å²) in [7, 11) is 0. The monoisotopic (exact) mass is 715 g/mol. The summed E-state index contributed by atoms with van der Waals surface area (Å²) >= 11 is 0. The molecule has 0 aliphatic heterocycles. The third kappa shape index (κ3) is 5.63. The minimum absolute atomic E-state index is 0.0817. The Balaban J connectivity index is 1.14. The zero-order chi connectivity index (χ0) is 37.6. The minimum Gasteiger partial charge on any atom is -0.310 e. The van der Waals surface area contributed by atoms with Gasteiger partial charge in [-0.05, 0) is 102 Å². The first kappa shape index (κ1) is 33.6. The van der Waals surface area contributed by atoms with Gasteiger partial charge in [-0.3, -0.25) is 0 Å². The molecule has 0 unspecified atom stereocenters. The molecule has 0 radical (unpaired) electrons. The zero-order valence-corrected chi connectivity index (χ0v) is 31.7. The molecule has 1 aliphatic rings. The molecule has 0 fully saturated rings. The van der Waals surface area contributed by atoms with E-state index >= 15 is 0 Å². The van der Waals surface area contributed by atoms with Gasteiger partial charge in [-0.15, -0.1) is 0 Å². The summed E-state index contributed by atoms with van der Waals surface area (Å²) in [4.78, 5) is 2.43. The van der Waals surface area contributed by atoms with Crippen LogP contribution in [-0.2, 0) is 5.41 Å². The first-order valence-electron chi connectivity index (χ1n) is 19.5. The molecule has 9 aromatic carbocycles. The summed E-state index contributed by atoms with van der Waals surface area (Å²) in [6.07, 6.45) is 0. The number of fused-ring (bicyclic) bond motifs is 4. The van der Waals surface area contributed by atoms with Gasteiger partial charge in [0, 0.05) is 22.4 Å². The Hall–Kier alpha value is -6.96. The Labute approximate surface area is 329 Å². The molecule has 0 atom stereocenters. The third-order valence-electron chi connectivity index (χ3n) is 11.7. The van der Waals surface area contributed by atoms with Gasteiger partial charge in [0.1, 0.15) is 0 Å². The summed E-state index contributed by atoms with van der Waals surface area (Å²) in [5, 5.41) is 2.51. The van der Waals surface area contributed by atoms with E-state index in [2.05, 4.69) is 231 Å². The van der Waals surface area contributed by atoms with Crippen LogP contribution in [0.5, 0.6) is 0 Å². The highest BCUT2D eigenvalue weighted by molar-refractivity contribution is 6.06. The van der Waals surface area contributed by atoms with Crippen LogP contribution in [0.2, 0.25) is 0 Å². The van der Waals surface area contributed by atoms with Crippen molar-refractivity contribution in [3.63, 3.8) is 0 Å². The first-order valence-corrected chi connectivity index (χ1v) is 19.5. The predicted molar refractivity (Wildman–Crippen MR) is 238 cm³/mol. The van der Waals surface area contributed by atoms with Gasteiger partial charge in [-0.1, -0.05) is 196 Å². The lowest BCUT2D eigenvalue weighted by molar-refractivity contribution is 0.660. The van der Waals surface area contributed by atoms with Crippen molar-refractivity contribution in [2.24, 2.45) is 0 Å². The number of para-hydroxylation sites is 1. The number of nitrogens with zero attached hydrogens (tertiary/aromatic N) is 1. The fourth-order valence-electron chi connectivity index (χ4n) is 8.97. The van der Waals surface area contributed by atoms with Gasteiger partial charge in [-0.25, -0.2) is 0 Å². The molecule has 1 aliphatic carbocycles. The van der Waals surface area contributed by atoms with Gasteiger partial charge in [0.2, 0.25) is 0 Å². The van der Waals surface area contributed by atoms with Crippen molar-refractivity contribution in [3.8, 4) is 55.6 Å². The van der Waals surface area contributed by atoms with Crippen LogP contribution in [0.1, 0.15) is 25.0 Å². The Kier molecular flexibility index (Phi) is 8.23. The average Bonchev–Trinajstić information content (AvgIpc) is 3.50. The Morgan fingerprint density at radius 1 is 0.321 bits per heavy atom. The summed E-state index contributed by atoms with van der Waals surface area (Å²) in [6.45, 7) is 4.71. The molecule has 0 heterocycles. The number of benzene rings is 9. The summed E-state index contributed by atoms with van der Waals surface area (Å²) in [5.41, 5.74) is 18.4. The lowest BCUT2D eigenvalue weighted by Crippen LogP contribution is -2.14. The SMILES string of the molecule is CC1(C)c2ccccc2-c2c(-c3ccccc3N(c3ccc(-c4ccccc4)cc3)c3ccc(-c4cccc5cccc(-c6ccccc6)c45)cc3)cccc21. The third-order valence-corrected chi connectivity index (χ3v) is 11.7. The molecule has 0 bridgehead atoms. The molecule has 0 spiro atoms. The highest BCUT2D eigenvalue weighted by Crippen LogP contribution is 2.54. The predicted octanol–water partition coefficient (Wildman–Crippen LogP) is 15.3. The molecule has 1 heteroatoms. The van der Waals surface area contributed by atoms with Gasteiger partial charge in [-0.2, -0.15) is 0 Å². The largest absolute Gasteiger partial charge is 0.310 e. The first-order chi connectivity index (χ1) is 27.6. The van der Waals surface area contributed by atoms with Crippen molar-refractivity contribution in [1.82, 2.24) is 0 Å². The fourth-order valence-corrected chi connectivity index (χ4v) is 8.97. The number of anilines is 3. The molecule has 56 heavy (non-hydrogen) atoms. The van der Waals surface area contributed by atoms with Gasteiger partial charge in [0.25, 0.3) is 0 Å². The number of hydrogen-bond acceptors (Lipinski definition) is 1. The van der Waals surface area contributed by atoms with Gasteiger partial charge >= 0.3 is 0 Å². The molecule has 0 aromatic heterocycles. The standard InChI is InChI=1S/C55H41N/c1-55(2)50-27-11-9-23-49(50)54-48(26-15-28-51(54)55)47-22-10-12-29-52(47)56(43-34-30-39(31-35-43)38-16-5-3-6-17-38)44-36-32-41(33-37-44)46-25-14-21-42-20-13-24-45(53(42)46)40-18-7-4-8-19-40/h3-37H,1-2H3. The molecule has 1 nitrogen and oxygen atoms in total. The summed E-state index contributed by atoms with van der Waals surface area (Å²) in [6, 6.07) is 77.5. The van der Waals surface area contributed by atoms with Crippen LogP contribution in [0.25, 0.3) is 66.4 Å². The van der Waals surface area contributed by atoms with Crippen LogP contribution in [0.15, 0.2) is 212 Å². The van der Waals surface area contributed by atoms with Crippen molar-refractivity contribution >= 4 is 27.8 Å². The molecule has 0 amide bonds. The highest BCUT2D eigenvalue weighted by Gasteiger charge is 2.37. The van der Waals surface area contributed by atoms with E-state index in [4.69, 9.17) is 0 Å². The highest BCUT2D eigenvalue weighted by atomic mass is 15.1. The van der Waals surface area contributed by atoms with Crippen LogP contribution in [0.3, 0.4) is 0 Å². The Morgan fingerprint density at radius 3 is 1.43 bits per heavy atom. The van der Waals surface area contributed by atoms with Gasteiger partial charge < -0.3 is 4.90 Å². The van der Waals surface area contributed by atoms with Crippen molar-refractivity contribution in [3.05, 3.63) is 223 Å². The lowest BCUT2D eigenvalue weighted by atomic mass is 9.82. The van der Waals surface area contributed by atoms with Crippen molar-refractivity contribution < 1.29 is 0 Å². The summed E-state index contributed by atoms with van der Waals surface area (Å²) < 4.78 is 0. The number of hydrogen-bond donors (Lipinski definition) is 0. The van der Waals surface area contributed by atoms with Crippen LogP contribution >= 0.6 is 0 Å². The molecule has 266 valence electrons. The van der Waals surface area contributed by atoms with E-state index in [1.165, 1.54) is 77.5 Å². The van der Waals surface area contributed by atoms with Gasteiger partial charge in [0.15, 0.2) is 0 Å². The smallest absolute Gasteiger partial charge is 0.0540 e. The molecule has 0 saturated carbocycles.